The summed E-state index contributed by atoms with van der Waals surface area (Å²) in [6.07, 6.45) is 1.04. The minimum Gasteiger partial charge on any atom is -0.497 e. The van der Waals surface area contributed by atoms with Crippen molar-refractivity contribution < 1.29 is 28.6 Å². The summed E-state index contributed by atoms with van der Waals surface area (Å²) >= 11 is 0. The van der Waals surface area contributed by atoms with Crippen LogP contribution in [0.5, 0.6) is 5.75 Å². The Morgan fingerprint density at radius 3 is 2.23 bits per heavy atom. The summed E-state index contributed by atoms with van der Waals surface area (Å²) in [5.41, 5.74) is 0.460. The Bertz CT molecular complexity index is 836. The van der Waals surface area contributed by atoms with Gasteiger partial charge in [-0.15, -0.1) is 0 Å². The van der Waals surface area contributed by atoms with Crippen LogP contribution in [0.4, 0.5) is 0 Å². The molecule has 8 nitrogen and oxygen atoms in total. The second-order valence-corrected chi connectivity index (χ2v) is 5.82. The van der Waals surface area contributed by atoms with Crippen LogP contribution in [-0.4, -0.2) is 66.0 Å². The normalized spacial score (nSPS) is 14.2. The maximum absolute atomic E-state index is 12.6. The molecule has 2 aromatic rings. The van der Waals surface area contributed by atoms with E-state index in [0.717, 1.165) is 6.26 Å². The molecular weight excluding hydrogens is 340 g/mol. The van der Waals surface area contributed by atoms with Crippen molar-refractivity contribution in [3.8, 4) is 5.75 Å². The molecule has 2 amide bonds. The highest BCUT2D eigenvalue weighted by Gasteiger charge is 2.27. The molecule has 0 bridgehead atoms. The van der Waals surface area contributed by atoms with Crippen LogP contribution >= 0.6 is 0 Å². The molecule has 136 valence electrons. The standard InChI is InChI=1S/C18H18N2O6/c1-25-14-4-2-3-12(9-14)16(21)19-5-7-20(8-6-19)17(22)15-10-13(11-26-15)18(23)24/h2-4,9-11H,5-8H2,1H3,(H,23,24). The third-order valence-corrected chi connectivity index (χ3v) is 4.23. The lowest BCUT2D eigenvalue weighted by atomic mass is 10.1. The minimum absolute atomic E-state index is 0.0185. The number of ether oxygens (including phenoxy) is 1. The van der Waals surface area contributed by atoms with E-state index >= 15 is 0 Å². The fraction of sp³-hybridized carbons (Fsp3) is 0.278. The Morgan fingerprint density at radius 2 is 1.65 bits per heavy atom. The van der Waals surface area contributed by atoms with E-state index in [0.29, 0.717) is 37.5 Å². The van der Waals surface area contributed by atoms with E-state index in [2.05, 4.69) is 0 Å². The van der Waals surface area contributed by atoms with Gasteiger partial charge < -0.3 is 24.1 Å². The van der Waals surface area contributed by atoms with Gasteiger partial charge in [0, 0.05) is 37.8 Å². The first-order chi connectivity index (χ1) is 12.5. The number of piperazine rings is 1. The van der Waals surface area contributed by atoms with Crippen LogP contribution in [0.15, 0.2) is 41.0 Å². The highest BCUT2D eigenvalue weighted by molar-refractivity contribution is 5.96. The van der Waals surface area contributed by atoms with E-state index in [1.165, 1.54) is 6.07 Å². The van der Waals surface area contributed by atoms with Crippen LogP contribution in [-0.2, 0) is 0 Å². The first-order valence-corrected chi connectivity index (χ1v) is 8.04. The van der Waals surface area contributed by atoms with Gasteiger partial charge in [0.1, 0.15) is 12.0 Å². The second-order valence-electron chi connectivity index (χ2n) is 5.82. The molecule has 0 spiro atoms. The lowest BCUT2D eigenvalue weighted by molar-refractivity contribution is 0.0518. The summed E-state index contributed by atoms with van der Waals surface area (Å²) in [5, 5.41) is 8.89. The maximum Gasteiger partial charge on any atom is 0.338 e. The molecule has 26 heavy (non-hydrogen) atoms. The highest BCUT2D eigenvalue weighted by Crippen LogP contribution is 2.17. The Balaban J connectivity index is 1.62. The molecule has 0 radical (unpaired) electrons. The number of rotatable bonds is 4. The summed E-state index contributed by atoms with van der Waals surface area (Å²) in [4.78, 5) is 39.0. The average molecular weight is 358 g/mol. The van der Waals surface area contributed by atoms with Gasteiger partial charge in [-0.2, -0.15) is 0 Å². The molecule has 1 fully saturated rings. The van der Waals surface area contributed by atoms with E-state index in [4.69, 9.17) is 14.3 Å². The van der Waals surface area contributed by atoms with Gasteiger partial charge in [-0.3, -0.25) is 9.59 Å². The number of amides is 2. The van der Waals surface area contributed by atoms with E-state index in [9.17, 15) is 14.4 Å². The van der Waals surface area contributed by atoms with Crippen molar-refractivity contribution in [3.63, 3.8) is 0 Å². The molecule has 1 aliphatic rings. The fourth-order valence-corrected chi connectivity index (χ4v) is 2.77. The monoisotopic (exact) mass is 358 g/mol. The lowest BCUT2D eigenvalue weighted by Crippen LogP contribution is -2.50. The van der Waals surface area contributed by atoms with Crippen molar-refractivity contribution in [2.75, 3.05) is 33.3 Å². The van der Waals surface area contributed by atoms with E-state index in [1.54, 1.807) is 41.2 Å². The summed E-state index contributed by atoms with van der Waals surface area (Å²) in [6, 6.07) is 8.12. The molecule has 0 saturated carbocycles. The zero-order valence-corrected chi connectivity index (χ0v) is 14.2. The summed E-state index contributed by atoms with van der Waals surface area (Å²) in [6.45, 7) is 1.46. The zero-order chi connectivity index (χ0) is 18.7. The zero-order valence-electron chi connectivity index (χ0n) is 14.2. The van der Waals surface area contributed by atoms with Crippen molar-refractivity contribution in [1.82, 2.24) is 9.80 Å². The highest BCUT2D eigenvalue weighted by atomic mass is 16.5. The number of nitrogens with zero attached hydrogens (tertiary/aromatic N) is 2. The topological polar surface area (TPSA) is 100 Å². The second kappa shape index (κ2) is 7.30. The van der Waals surface area contributed by atoms with Crippen molar-refractivity contribution in [2.45, 2.75) is 0 Å². The fourth-order valence-electron chi connectivity index (χ4n) is 2.77. The number of methoxy groups -OCH3 is 1. The summed E-state index contributed by atoms with van der Waals surface area (Å²) < 4.78 is 10.2. The van der Waals surface area contributed by atoms with Crippen molar-refractivity contribution in [3.05, 3.63) is 53.5 Å². The number of benzene rings is 1. The van der Waals surface area contributed by atoms with Crippen LogP contribution in [0.3, 0.4) is 0 Å². The van der Waals surface area contributed by atoms with Gasteiger partial charge in [0.25, 0.3) is 11.8 Å². The van der Waals surface area contributed by atoms with E-state index in [1.807, 2.05) is 0 Å². The number of carbonyl (C=O) groups is 3. The average Bonchev–Trinajstić information content (AvgIpc) is 3.17. The molecule has 0 unspecified atom stereocenters. The number of carboxylic acids is 1. The number of carbonyl (C=O) groups excluding carboxylic acids is 2. The molecule has 1 saturated heterocycles. The van der Waals surface area contributed by atoms with Crippen molar-refractivity contribution in [1.29, 1.82) is 0 Å². The molecule has 1 aromatic carbocycles. The molecule has 1 N–H and O–H groups in total. The first kappa shape index (κ1) is 17.5. The summed E-state index contributed by atoms with van der Waals surface area (Å²) in [5.74, 6) is -1.07. The SMILES string of the molecule is COc1cccc(C(=O)N2CCN(C(=O)c3cc(C(=O)O)co3)CC2)c1. The van der Waals surface area contributed by atoms with E-state index in [-0.39, 0.29) is 23.1 Å². The molecule has 3 rings (SSSR count). The summed E-state index contributed by atoms with van der Waals surface area (Å²) in [7, 11) is 1.54. The Kier molecular flexibility index (Phi) is 4.92. The van der Waals surface area contributed by atoms with Crippen LogP contribution in [0.25, 0.3) is 0 Å². The minimum atomic E-state index is -1.15. The molecule has 1 aliphatic heterocycles. The molecular formula is C18H18N2O6. The van der Waals surface area contributed by atoms with E-state index < -0.39 is 5.97 Å². The number of furan rings is 1. The first-order valence-electron chi connectivity index (χ1n) is 8.04. The third kappa shape index (κ3) is 3.53. The van der Waals surface area contributed by atoms with Crippen LogP contribution < -0.4 is 4.74 Å². The van der Waals surface area contributed by atoms with Crippen molar-refractivity contribution in [2.24, 2.45) is 0 Å². The quantitative estimate of drug-likeness (QED) is 0.891. The predicted molar refractivity (Wildman–Crippen MR) is 90.5 cm³/mol. The molecule has 2 heterocycles. The smallest absolute Gasteiger partial charge is 0.338 e. The molecule has 0 aliphatic carbocycles. The number of hydrogen-bond donors (Lipinski definition) is 1. The third-order valence-electron chi connectivity index (χ3n) is 4.23. The Hall–Kier alpha value is -3.29. The molecule has 0 atom stereocenters. The Labute approximate surface area is 149 Å². The van der Waals surface area contributed by atoms with Gasteiger partial charge in [0.15, 0.2) is 5.76 Å². The number of carboxylic acid groups (broad SMARTS) is 1. The van der Waals surface area contributed by atoms with Crippen LogP contribution in [0, 0.1) is 0 Å². The largest absolute Gasteiger partial charge is 0.497 e. The number of hydrogen-bond acceptors (Lipinski definition) is 5. The van der Waals surface area contributed by atoms with Gasteiger partial charge in [0.05, 0.1) is 12.7 Å². The number of aromatic carboxylic acids is 1. The van der Waals surface area contributed by atoms with Crippen molar-refractivity contribution >= 4 is 17.8 Å². The van der Waals surface area contributed by atoms with Gasteiger partial charge >= 0.3 is 5.97 Å². The van der Waals surface area contributed by atoms with Gasteiger partial charge in [-0.25, -0.2) is 4.79 Å². The predicted octanol–water partition coefficient (Wildman–Crippen LogP) is 1.58. The Morgan fingerprint density at radius 1 is 1.00 bits per heavy atom. The lowest BCUT2D eigenvalue weighted by Gasteiger charge is -2.34. The van der Waals surface area contributed by atoms with Crippen LogP contribution in [0.1, 0.15) is 31.3 Å². The van der Waals surface area contributed by atoms with Gasteiger partial charge in [-0.1, -0.05) is 6.07 Å². The van der Waals surface area contributed by atoms with Crippen LogP contribution in [0.2, 0.25) is 0 Å². The molecule has 8 heteroatoms. The maximum atomic E-state index is 12.6. The molecule has 1 aromatic heterocycles. The van der Waals surface area contributed by atoms with Gasteiger partial charge in [0.2, 0.25) is 0 Å². The van der Waals surface area contributed by atoms with Gasteiger partial charge in [-0.05, 0) is 18.2 Å².